The Hall–Kier alpha value is -2.24. The van der Waals surface area contributed by atoms with E-state index in [1.165, 1.54) is 11.1 Å². The van der Waals surface area contributed by atoms with Gasteiger partial charge in [-0.05, 0) is 31.0 Å². The van der Waals surface area contributed by atoms with Crippen LogP contribution in [0.4, 0.5) is 0 Å². The summed E-state index contributed by atoms with van der Waals surface area (Å²) in [4.78, 5) is 16.9. The largest absolute Gasteiger partial charge is 0.366 e. The number of benzene rings is 1. The lowest BCUT2D eigenvalue weighted by atomic mass is 10.0. The van der Waals surface area contributed by atoms with Gasteiger partial charge in [0.2, 0.25) is 0 Å². The molecule has 0 saturated carbocycles. The molecule has 1 saturated heterocycles. The van der Waals surface area contributed by atoms with Gasteiger partial charge in [0.15, 0.2) is 0 Å². The highest BCUT2D eigenvalue weighted by atomic mass is 16.5. The van der Waals surface area contributed by atoms with Gasteiger partial charge < -0.3 is 15.4 Å². The lowest BCUT2D eigenvalue weighted by Gasteiger charge is -2.26. The van der Waals surface area contributed by atoms with Crippen LogP contribution in [0.2, 0.25) is 0 Å². The molecule has 1 aromatic carbocycles. The second kappa shape index (κ2) is 8.04. The van der Waals surface area contributed by atoms with Crippen molar-refractivity contribution in [3.8, 4) is 0 Å². The molecule has 0 radical (unpaired) electrons. The molecule has 126 valence electrons. The fourth-order valence-electron chi connectivity index (χ4n) is 2.77. The molecule has 0 aliphatic carbocycles. The number of hydrogen-bond acceptors (Lipinski definition) is 4. The molecule has 2 atom stereocenters. The van der Waals surface area contributed by atoms with Gasteiger partial charge in [-0.2, -0.15) is 0 Å². The zero-order valence-corrected chi connectivity index (χ0v) is 13.9. The maximum absolute atomic E-state index is 12.5. The average molecular weight is 325 g/mol. The van der Waals surface area contributed by atoms with Crippen molar-refractivity contribution >= 4 is 5.91 Å². The maximum Gasteiger partial charge on any atom is 0.251 e. The van der Waals surface area contributed by atoms with Crippen LogP contribution in [0.15, 0.2) is 48.7 Å². The minimum absolute atomic E-state index is 0.0926. The summed E-state index contributed by atoms with van der Waals surface area (Å²) in [7, 11) is 0. The van der Waals surface area contributed by atoms with Gasteiger partial charge in [-0.3, -0.25) is 9.78 Å². The van der Waals surface area contributed by atoms with Crippen LogP contribution in [0.1, 0.15) is 22.9 Å². The van der Waals surface area contributed by atoms with Crippen LogP contribution >= 0.6 is 0 Å². The minimum Gasteiger partial charge on any atom is -0.366 e. The van der Waals surface area contributed by atoms with E-state index in [0.29, 0.717) is 19.6 Å². The Kier molecular flexibility index (Phi) is 5.56. The van der Waals surface area contributed by atoms with Crippen LogP contribution in [-0.2, 0) is 16.0 Å². The summed E-state index contributed by atoms with van der Waals surface area (Å²) in [6, 6.07) is 13.9. The maximum atomic E-state index is 12.5. The van der Waals surface area contributed by atoms with E-state index in [0.717, 1.165) is 12.2 Å². The number of rotatable bonds is 5. The molecule has 24 heavy (non-hydrogen) atoms. The number of pyridine rings is 1. The number of nitrogens with one attached hydrogen (secondary N) is 2. The number of ether oxygens (including phenoxy) is 1. The SMILES string of the molecule is Cc1ccc(CC(NC(=O)C2CNCCO2)c2ccccn2)cc1. The molecule has 1 aliphatic rings. The summed E-state index contributed by atoms with van der Waals surface area (Å²) in [6.45, 7) is 3.96. The van der Waals surface area contributed by atoms with Gasteiger partial charge in [0, 0.05) is 19.3 Å². The summed E-state index contributed by atoms with van der Waals surface area (Å²) >= 11 is 0. The molecule has 3 rings (SSSR count). The molecule has 2 N–H and O–H groups in total. The quantitative estimate of drug-likeness (QED) is 0.880. The Bertz CT molecular complexity index is 652. The number of aromatic nitrogens is 1. The second-order valence-corrected chi connectivity index (χ2v) is 6.07. The predicted molar refractivity (Wildman–Crippen MR) is 92.6 cm³/mol. The normalized spacial score (nSPS) is 18.8. The van der Waals surface area contributed by atoms with Crippen molar-refractivity contribution in [3.63, 3.8) is 0 Å². The number of aryl methyl sites for hydroxylation is 1. The summed E-state index contributed by atoms with van der Waals surface area (Å²) in [5, 5.41) is 6.28. The van der Waals surface area contributed by atoms with Gasteiger partial charge in [0.1, 0.15) is 6.10 Å². The number of carbonyl (C=O) groups excluding carboxylic acids is 1. The second-order valence-electron chi connectivity index (χ2n) is 6.07. The van der Waals surface area contributed by atoms with E-state index < -0.39 is 6.10 Å². The van der Waals surface area contributed by atoms with Gasteiger partial charge in [0.05, 0.1) is 18.3 Å². The molecule has 1 fully saturated rings. The third-order valence-electron chi connectivity index (χ3n) is 4.14. The first kappa shape index (κ1) is 16.6. The van der Waals surface area contributed by atoms with E-state index in [1.807, 2.05) is 18.2 Å². The molecule has 1 aliphatic heterocycles. The highest BCUT2D eigenvalue weighted by molar-refractivity contribution is 5.81. The van der Waals surface area contributed by atoms with E-state index >= 15 is 0 Å². The van der Waals surface area contributed by atoms with Crippen molar-refractivity contribution in [2.75, 3.05) is 19.7 Å². The van der Waals surface area contributed by atoms with E-state index in [2.05, 4.69) is 46.8 Å². The predicted octanol–water partition coefficient (Wildman–Crippen LogP) is 1.78. The van der Waals surface area contributed by atoms with E-state index in [-0.39, 0.29) is 11.9 Å². The van der Waals surface area contributed by atoms with Gasteiger partial charge in [0.25, 0.3) is 5.91 Å². The summed E-state index contributed by atoms with van der Waals surface area (Å²) < 4.78 is 5.55. The number of morpholine rings is 1. The highest BCUT2D eigenvalue weighted by Gasteiger charge is 2.25. The first-order valence-corrected chi connectivity index (χ1v) is 8.31. The average Bonchev–Trinajstić information content (AvgIpc) is 2.64. The van der Waals surface area contributed by atoms with Gasteiger partial charge >= 0.3 is 0 Å². The van der Waals surface area contributed by atoms with Crippen LogP contribution in [0.5, 0.6) is 0 Å². The standard InChI is InChI=1S/C19H23N3O2/c1-14-5-7-15(8-6-14)12-17(16-4-2-3-9-21-16)22-19(23)18-13-20-10-11-24-18/h2-9,17-18,20H,10-13H2,1H3,(H,22,23). The number of carbonyl (C=O) groups is 1. The zero-order valence-electron chi connectivity index (χ0n) is 13.9. The smallest absolute Gasteiger partial charge is 0.251 e. The number of hydrogen-bond donors (Lipinski definition) is 2. The van der Waals surface area contributed by atoms with Crippen molar-refractivity contribution in [1.29, 1.82) is 0 Å². The van der Waals surface area contributed by atoms with Crippen LogP contribution in [0.25, 0.3) is 0 Å². The zero-order chi connectivity index (χ0) is 16.8. The number of nitrogens with zero attached hydrogens (tertiary/aromatic N) is 1. The van der Waals surface area contributed by atoms with Crippen LogP contribution < -0.4 is 10.6 Å². The molecule has 1 aromatic heterocycles. The van der Waals surface area contributed by atoms with Crippen LogP contribution in [0, 0.1) is 6.92 Å². The minimum atomic E-state index is -0.442. The van der Waals surface area contributed by atoms with E-state index in [4.69, 9.17) is 4.74 Å². The third-order valence-corrected chi connectivity index (χ3v) is 4.14. The molecule has 2 aromatic rings. The highest BCUT2D eigenvalue weighted by Crippen LogP contribution is 2.17. The Morgan fingerprint density at radius 1 is 1.33 bits per heavy atom. The molecule has 5 heteroatoms. The molecule has 5 nitrogen and oxygen atoms in total. The topological polar surface area (TPSA) is 63.2 Å². The lowest BCUT2D eigenvalue weighted by molar-refractivity contribution is -0.135. The monoisotopic (exact) mass is 325 g/mol. The van der Waals surface area contributed by atoms with Crippen molar-refractivity contribution < 1.29 is 9.53 Å². The molecule has 2 unspecified atom stereocenters. The molecule has 1 amide bonds. The third kappa shape index (κ3) is 4.40. The van der Waals surface area contributed by atoms with Crippen LogP contribution in [0.3, 0.4) is 0 Å². The van der Waals surface area contributed by atoms with E-state index in [1.54, 1.807) is 6.20 Å². The van der Waals surface area contributed by atoms with Gasteiger partial charge in [-0.15, -0.1) is 0 Å². The summed E-state index contributed by atoms with van der Waals surface area (Å²) in [5.74, 6) is -0.0926. The Labute approximate surface area is 142 Å². The van der Waals surface area contributed by atoms with Gasteiger partial charge in [-0.25, -0.2) is 0 Å². The van der Waals surface area contributed by atoms with Crippen molar-refractivity contribution in [1.82, 2.24) is 15.6 Å². The molecule has 2 heterocycles. The fourth-order valence-corrected chi connectivity index (χ4v) is 2.77. The first-order valence-electron chi connectivity index (χ1n) is 8.31. The molecular weight excluding hydrogens is 302 g/mol. The van der Waals surface area contributed by atoms with E-state index in [9.17, 15) is 4.79 Å². The Morgan fingerprint density at radius 3 is 2.83 bits per heavy atom. The Balaban J connectivity index is 1.74. The molecule has 0 bridgehead atoms. The molecule has 0 spiro atoms. The van der Waals surface area contributed by atoms with Crippen molar-refractivity contribution in [2.45, 2.75) is 25.5 Å². The fraction of sp³-hybridized carbons (Fsp3) is 0.368. The van der Waals surface area contributed by atoms with Crippen molar-refractivity contribution in [3.05, 3.63) is 65.5 Å². The van der Waals surface area contributed by atoms with Crippen LogP contribution in [-0.4, -0.2) is 36.7 Å². The number of amides is 1. The first-order chi connectivity index (χ1) is 11.7. The summed E-state index contributed by atoms with van der Waals surface area (Å²) in [5.41, 5.74) is 3.24. The Morgan fingerprint density at radius 2 is 2.17 bits per heavy atom. The molecular formula is C19H23N3O2. The van der Waals surface area contributed by atoms with Crippen molar-refractivity contribution in [2.24, 2.45) is 0 Å². The van der Waals surface area contributed by atoms with Gasteiger partial charge in [-0.1, -0.05) is 35.9 Å². The summed E-state index contributed by atoms with van der Waals surface area (Å²) in [6.07, 6.45) is 2.01. The lowest BCUT2D eigenvalue weighted by Crippen LogP contribution is -2.48.